The number of ether oxygens (including phenoxy) is 1. The van der Waals surface area contributed by atoms with Gasteiger partial charge in [-0.15, -0.1) is 0 Å². The molecule has 4 heteroatoms. The van der Waals surface area contributed by atoms with Crippen LogP contribution in [0.15, 0.2) is 6.07 Å². The van der Waals surface area contributed by atoms with Crippen LogP contribution >= 0.6 is 0 Å². The van der Waals surface area contributed by atoms with Crippen molar-refractivity contribution < 1.29 is 4.74 Å². The molecule has 0 radical (unpaired) electrons. The van der Waals surface area contributed by atoms with Crippen molar-refractivity contribution in [2.24, 2.45) is 0 Å². The number of hydrogen-bond acceptors (Lipinski definition) is 4. The van der Waals surface area contributed by atoms with Gasteiger partial charge in [0.2, 0.25) is 0 Å². The summed E-state index contributed by atoms with van der Waals surface area (Å²) < 4.78 is 5.66. The Bertz CT molecular complexity index is 387. The van der Waals surface area contributed by atoms with Crippen LogP contribution in [0.3, 0.4) is 0 Å². The summed E-state index contributed by atoms with van der Waals surface area (Å²) in [5, 5.41) is 3.28. The van der Waals surface area contributed by atoms with Gasteiger partial charge in [0.15, 0.2) is 0 Å². The maximum atomic E-state index is 5.66. The summed E-state index contributed by atoms with van der Waals surface area (Å²) in [6, 6.07) is 2.05. The van der Waals surface area contributed by atoms with Crippen LogP contribution in [-0.4, -0.2) is 29.2 Å². The lowest BCUT2D eigenvalue weighted by molar-refractivity contribution is 0.110. The summed E-state index contributed by atoms with van der Waals surface area (Å²) in [5.41, 5.74) is 1.11. The van der Waals surface area contributed by atoms with Gasteiger partial charge in [-0.2, -0.15) is 0 Å². The zero-order valence-electron chi connectivity index (χ0n) is 11.6. The van der Waals surface area contributed by atoms with Gasteiger partial charge in [0.1, 0.15) is 11.6 Å². The number of anilines is 1. The summed E-state index contributed by atoms with van der Waals surface area (Å²) in [4.78, 5) is 9.21. The maximum absolute atomic E-state index is 5.66. The number of rotatable bonds is 5. The summed E-state index contributed by atoms with van der Waals surface area (Å²) in [6.07, 6.45) is 3.43. The predicted molar refractivity (Wildman–Crippen MR) is 73.0 cm³/mol. The molecule has 1 aliphatic heterocycles. The average Bonchev–Trinajstić information content (AvgIpc) is 2.82. The van der Waals surface area contributed by atoms with Gasteiger partial charge in [-0.1, -0.05) is 13.8 Å². The standard InChI is InChI=1S/C14H23N3O/c1-4-15-13-9-12(10(2)3)16-14(17-13)8-11-6-5-7-18-11/h9-11H,4-8H2,1-3H3,(H,15,16,17). The van der Waals surface area contributed by atoms with Gasteiger partial charge in [0, 0.05) is 31.3 Å². The lowest BCUT2D eigenvalue weighted by Crippen LogP contribution is -2.14. The van der Waals surface area contributed by atoms with E-state index in [9.17, 15) is 0 Å². The molecule has 0 spiro atoms. The quantitative estimate of drug-likeness (QED) is 0.871. The van der Waals surface area contributed by atoms with E-state index in [1.165, 1.54) is 0 Å². The van der Waals surface area contributed by atoms with E-state index in [0.717, 1.165) is 49.8 Å². The molecule has 4 nitrogen and oxygen atoms in total. The van der Waals surface area contributed by atoms with E-state index < -0.39 is 0 Å². The topological polar surface area (TPSA) is 47.0 Å². The molecule has 1 unspecified atom stereocenters. The van der Waals surface area contributed by atoms with Gasteiger partial charge >= 0.3 is 0 Å². The van der Waals surface area contributed by atoms with Crippen molar-refractivity contribution in [3.05, 3.63) is 17.6 Å². The normalized spacial score (nSPS) is 19.4. The zero-order chi connectivity index (χ0) is 13.0. The molecule has 0 amide bonds. The Morgan fingerprint density at radius 3 is 2.89 bits per heavy atom. The Kier molecular flexibility index (Phi) is 4.53. The molecule has 100 valence electrons. The highest BCUT2D eigenvalue weighted by Gasteiger charge is 2.18. The fraction of sp³-hybridized carbons (Fsp3) is 0.714. The van der Waals surface area contributed by atoms with Crippen molar-refractivity contribution in [3.8, 4) is 0 Å². The highest BCUT2D eigenvalue weighted by Crippen LogP contribution is 2.19. The van der Waals surface area contributed by atoms with Gasteiger partial charge in [0.25, 0.3) is 0 Å². The number of nitrogens with one attached hydrogen (secondary N) is 1. The van der Waals surface area contributed by atoms with Crippen molar-refractivity contribution in [3.63, 3.8) is 0 Å². The predicted octanol–water partition coefficient (Wildman–Crippen LogP) is 2.75. The first-order chi connectivity index (χ1) is 8.69. The second-order valence-corrected chi connectivity index (χ2v) is 5.12. The molecular formula is C14H23N3O. The minimum Gasteiger partial charge on any atom is -0.378 e. The first-order valence-electron chi connectivity index (χ1n) is 6.92. The Morgan fingerprint density at radius 2 is 2.28 bits per heavy atom. The fourth-order valence-electron chi connectivity index (χ4n) is 2.19. The third kappa shape index (κ3) is 3.42. The van der Waals surface area contributed by atoms with Crippen LogP contribution in [0.1, 0.15) is 51.0 Å². The molecule has 1 aromatic heterocycles. The highest BCUT2D eigenvalue weighted by atomic mass is 16.5. The Labute approximate surface area is 109 Å². The molecule has 0 aromatic carbocycles. The first kappa shape index (κ1) is 13.3. The Hall–Kier alpha value is -1.16. The molecule has 18 heavy (non-hydrogen) atoms. The molecule has 0 aliphatic carbocycles. The van der Waals surface area contributed by atoms with Gasteiger partial charge in [-0.05, 0) is 25.7 Å². The molecule has 1 aromatic rings. The smallest absolute Gasteiger partial charge is 0.133 e. The van der Waals surface area contributed by atoms with Crippen LogP contribution in [0, 0.1) is 0 Å². The van der Waals surface area contributed by atoms with E-state index in [0.29, 0.717) is 12.0 Å². The molecule has 1 atom stereocenters. The summed E-state index contributed by atoms with van der Waals surface area (Å²) in [7, 11) is 0. The lowest BCUT2D eigenvalue weighted by atomic mass is 10.1. The first-order valence-corrected chi connectivity index (χ1v) is 6.92. The number of nitrogens with zero attached hydrogens (tertiary/aromatic N) is 2. The summed E-state index contributed by atoms with van der Waals surface area (Å²) in [5.74, 6) is 2.27. The van der Waals surface area contributed by atoms with Crippen molar-refractivity contribution in [1.82, 2.24) is 9.97 Å². The van der Waals surface area contributed by atoms with E-state index in [2.05, 4.69) is 36.1 Å². The van der Waals surface area contributed by atoms with E-state index in [-0.39, 0.29) is 0 Å². The van der Waals surface area contributed by atoms with E-state index >= 15 is 0 Å². The van der Waals surface area contributed by atoms with Crippen molar-refractivity contribution in [1.29, 1.82) is 0 Å². The molecule has 0 saturated carbocycles. The van der Waals surface area contributed by atoms with Gasteiger partial charge < -0.3 is 10.1 Å². The summed E-state index contributed by atoms with van der Waals surface area (Å²) >= 11 is 0. The van der Waals surface area contributed by atoms with Gasteiger partial charge in [-0.3, -0.25) is 0 Å². The Morgan fingerprint density at radius 1 is 1.44 bits per heavy atom. The van der Waals surface area contributed by atoms with E-state index in [1.54, 1.807) is 0 Å². The minimum absolute atomic E-state index is 0.307. The molecule has 2 heterocycles. The van der Waals surface area contributed by atoms with Crippen LogP contribution in [0.2, 0.25) is 0 Å². The molecule has 2 rings (SSSR count). The van der Waals surface area contributed by atoms with E-state index in [1.807, 2.05) is 6.07 Å². The lowest BCUT2D eigenvalue weighted by Gasteiger charge is -2.13. The Balaban J connectivity index is 2.16. The highest BCUT2D eigenvalue weighted by molar-refractivity contribution is 5.36. The average molecular weight is 249 g/mol. The third-order valence-electron chi connectivity index (χ3n) is 3.18. The second-order valence-electron chi connectivity index (χ2n) is 5.12. The third-order valence-corrected chi connectivity index (χ3v) is 3.18. The number of hydrogen-bond donors (Lipinski definition) is 1. The zero-order valence-corrected chi connectivity index (χ0v) is 11.6. The monoisotopic (exact) mass is 249 g/mol. The van der Waals surface area contributed by atoms with Crippen LogP contribution in [-0.2, 0) is 11.2 Å². The van der Waals surface area contributed by atoms with Gasteiger partial charge in [0.05, 0.1) is 6.10 Å². The second kappa shape index (κ2) is 6.14. The maximum Gasteiger partial charge on any atom is 0.133 e. The van der Waals surface area contributed by atoms with Crippen LogP contribution in [0.4, 0.5) is 5.82 Å². The van der Waals surface area contributed by atoms with E-state index in [4.69, 9.17) is 4.74 Å². The molecular weight excluding hydrogens is 226 g/mol. The SMILES string of the molecule is CCNc1cc(C(C)C)nc(CC2CCCO2)n1. The number of aromatic nitrogens is 2. The largest absolute Gasteiger partial charge is 0.378 e. The van der Waals surface area contributed by atoms with Crippen LogP contribution in [0.25, 0.3) is 0 Å². The van der Waals surface area contributed by atoms with Crippen molar-refractivity contribution in [2.75, 3.05) is 18.5 Å². The molecule has 0 bridgehead atoms. The molecule has 1 aliphatic rings. The van der Waals surface area contributed by atoms with Crippen molar-refractivity contribution >= 4 is 5.82 Å². The van der Waals surface area contributed by atoms with Crippen molar-refractivity contribution in [2.45, 2.75) is 52.1 Å². The van der Waals surface area contributed by atoms with Crippen LogP contribution in [0.5, 0.6) is 0 Å². The molecule has 1 fully saturated rings. The van der Waals surface area contributed by atoms with Gasteiger partial charge in [-0.25, -0.2) is 9.97 Å². The van der Waals surface area contributed by atoms with Crippen LogP contribution < -0.4 is 5.32 Å². The summed E-state index contributed by atoms with van der Waals surface area (Å²) in [6.45, 7) is 8.17. The minimum atomic E-state index is 0.307. The molecule has 1 N–H and O–H groups in total. The fourth-order valence-corrected chi connectivity index (χ4v) is 2.19. The molecule has 1 saturated heterocycles.